The minimum absolute atomic E-state index is 0.120. The van der Waals surface area contributed by atoms with E-state index in [9.17, 15) is 13.2 Å². The number of carbonyl (C=O) groups excluding carboxylic acids is 1. The highest BCUT2D eigenvalue weighted by atomic mass is 32.2. The zero-order valence-corrected chi connectivity index (χ0v) is 12.0. The minimum Gasteiger partial charge on any atom is -0.327 e. The Labute approximate surface area is 115 Å². The first-order valence-electron chi connectivity index (χ1n) is 5.76. The molecule has 1 aromatic heterocycles. The topological polar surface area (TPSA) is 118 Å². The van der Waals surface area contributed by atoms with Crippen LogP contribution in [0.2, 0.25) is 0 Å². The maximum absolute atomic E-state index is 12.3. The largest absolute Gasteiger partial charge is 0.327 e. The summed E-state index contributed by atoms with van der Waals surface area (Å²) in [5.41, 5.74) is 5.78. The molecule has 0 radical (unpaired) electrons. The molecule has 8 nitrogen and oxygen atoms in total. The van der Waals surface area contributed by atoms with Gasteiger partial charge in [-0.05, 0) is 12.8 Å². The van der Waals surface area contributed by atoms with E-state index in [4.69, 9.17) is 5.73 Å². The number of sulfonamides is 1. The Kier molecular flexibility index (Phi) is 4.13. The second-order valence-electron chi connectivity index (χ2n) is 4.32. The summed E-state index contributed by atoms with van der Waals surface area (Å²) in [5, 5.41) is 9.84. The van der Waals surface area contributed by atoms with Crippen molar-refractivity contribution in [2.45, 2.75) is 30.1 Å². The predicted octanol–water partition coefficient (Wildman–Crippen LogP) is -0.392. The van der Waals surface area contributed by atoms with E-state index in [2.05, 4.69) is 15.5 Å². The van der Waals surface area contributed by atoms with Gasteiger partial charge in [0, 0.05) is 26.1 Å². The molecule has 10 heteroatoms. The Morgan fingerprint density at radius 2 is 2.26 bits per heavy atom. The highest BCUT2D eigenvalue weighted by Gasteiger charge is 2.31. The van der Waals surface area contributed by atoms with Gasteiger partial charge in [0.2, 0.25) is 15.4 Å². The number of nitrogens with one attached hydrogen (secondary N) is 1. The monoisotopic (exact) mass is 305 g/mol. The van der Waals surface area contributed by atoms with E-state index in [1.54, 1.807) is 0 Å². The molecule has 3 N–H and O–H groups in total. The van der Waals surface area contributed by atoms with E-state index in [-0.39, 0.29) is 28.0 Å². The summed E-state index contributed by atoms with van der Waals surface area (Å²) in [6, 6.07) is -0.147. The molecule has 1 aromatic rings. The highest BCUT2D eigenvalue weighted by Crippen LogP contribution is 2.25. The van der Waals surface area contributed by atoms with Gasteiger partial charge in [0.05, 0.1) is 0 Å². The smallest absolute Gasteiger partial charge is 0.272 e. The molecule has 1 atom stereocenters. The van der Waals surface area contributed by atoms with Gasteiger partial charge in [0.25, 0.3) is 10.0 Å². The molecule has 106 valence electrons. The van der Waals surface area contributed by atoms with Crippen molar-refractivity contribution >= 4 is 32.4 Å². The van der Waals surface area contributed by atoms with Crippen molar-refractivity contribution in [1.29, 1.82) is 0 Å². The molecule has 0 saturated carbocycles. The Bertz CT molecular complexity index is 570. The van der Waals surface area contributed by atoms with Crippen LogP contribution in [0.5, 0.6) is 0 Å². The number of anilines is 1. The number of rotatable bonds is 3. The molecule has 1 aliphatic rings. The van der Waals surface area contributed by atoms with Gasteiger partial charge >= 0.3 is 0 Å². The lowest BCUT2D eigenvalue weighted by Gasteiger charge is -2.28. The van der Waals surface area contributed by atoms with Gasteiger partial charge in [-0.3, -0.25) is 4.79 Å². The zero-order valence-electron chi connectivity index (χ0n) is 10.4. The summed E-state index contributed by atoms with van der Waals surface area (Å²) in [7, 11) is -3.66. The van der Waals surface area contributed by atoms with Crippen molar-refractivity contribution in [1.82, 2.24) is 14.5 Å². The molecule has 2 rings (SSSR count). The molecule has 1 unspecified atom stereocenters. The predicted molar refractivity (Wildman–Crippen MR) is 70.2 cm³/mol. The van der Waals surface area contributed by atoms with Crippen LogP contribution in [0.4, 0.5) is 5.13 Å². The number of piperidine rings is 1. The summed E-state index contributed by atoms with van der Waals surface area (Å²) in [6.45, 7) is 2.04. The van der Waals surface area contributed by atoms with Crippen LogP contribution in [0.1, 0.15) is 19.8 Å². The fourth-order valence-corrected chi connectivity index (χ4v) is 4.44. The second-order valence-corrected chi connectivity index (χ2v) is 7.41. The van der Waals surface area contributed by atoms with Crippen LogP contribution in [0.15, 0.2) is 4.34 Å². The van der Waals surface area contributed by atoms with Crippen LogP contribution in [0.25, 0.3) is 0 Å². The summed E-state index contributed by atoms with van der Waals surface area (Å²) in [5.74, 6) is -0.319. The lowest BCUT2D eigenvalue weighted by Crippen LogP contribution is -2.45. The fourth-order valence-electron chi connectivity index (χ4n) is 1.82. The summed E-state index contributed by atoms with van der Waals surface area (Å²) in [4.78, 5) is 10.9. The molecule has 0 aromatic carbocycles. The molecular weight excluding hydrogens is 290 g/mol. The van der Waals surface area contributed by atoms with Crippen LogP contribution < -0.4 is 11.1 Å². The molecule has 1 saturated heterocycles. The first kappa shape index (κ1) is 14.3. The van der Waals surface area contributed by atoms with Gasteiger partial charge in [-0.25, -0.2) is 8.42 Å². The molecular formula is C9H15N5O3S2. The van der Waals surface area contributed by atoms with E-state index in [1.165, 1.54) is 11.2 Å². The number of carbonyl (C=O) groups is 1. The molecule has 19 heavy (non-hydrogen) atoms. The van der Waals surface area contributed by atoms with E-state index in [0.717, 1.165) is 24.2 Å². The lowest BCUT2D eigenvalue weighted by atomic mass is 10.1. The second kappa shape index (κ2) is 5.49. The van der Waals surface area contributed by atoms with Crippen molar-refractivity contribution < 1.29 is 13.2 Å². The van der Waals surface area contributed by atoms with Crippen LogP contribution in [-0.4, -0.2) is 48.0 Å². The first-order valence-corrected chi connectivity index (χ1v) is 8.02. The number of aromatic nitrogens is 2. The van der Waals surface area contributed by atoms with E-state index >= 15 is 0 Å². The van der Waals surface area contributed by atoms with Crippen molar-refractivity contribution in [3.63, 3.8) is 0 Å². The van der Waals surface area contributed by atoms with E-state index in [0.29, 0.717) is 6.54 Å². The van der Waals surface area contributed by atoms with Crippen molar-refractivity contribution in [3.8, 4) is 0 Å². The molecule has 2 heterocycles. The quantitative estimate of drug-likeness (QED) is 0.734. The maximum atomic E-state index is 12.3. The van der Waals surface area contributed by atoms with Crippen molar-refractivity contribution in [2.24, 2.45) is 5.73 Å². The normalized spacial score (nSPS) is 21.3. The molecule has 1 amide bonds. The molecule has 1 aliphatic heterocycles. The van der Waals surface area contributed by atoms with Crippen molar-refractivity contribution in [3.05, 3.63) is 0 Å². The number of hydrogen-bond acceptors (Lipinski definition) is 7. The van der Waals surface area contributed by atoms with Gasteiger partial charge in [0.15, 0.2) is 0 Å². The fraction of sp³-hybridized carbons (Fsp3) is 0.667. The lowest BCUT2D eigenvalue weighted by molar-refractivity contribution is -0.114. The molecule has 1 fully saturated rings. The summed E-state index contributed by atoms with van der Waals surface area (Å²) < 4.78 is 25.8. The molecule has 0 spiro atoms. The Balaban J connectivity index is 2.19. The van der Waals surface area contributed by atoms with E-state index < -0.39 is 10.0 Å². The first-order chi connectivity index (χ1) is 8.89. The van der Waals surface area contributed by atoms with Gasteiger partial charge < -0.3 is 11.1 Å². The summed E-state index contributed by atoms with van der Waals surface area (Å²) in [6.07, 6.45) is 1.55. The van der Waals surface area contributed by atoms with Crippen LogP contribution in [0, 0.1) is 0 Å². The van der Waals surface area contributed by atoms with Crippen LogP contribution >= 0.6 is 11.3 Å². The minimum atomic E-state index is -3.66. The highest BCUT2D eigenvalue weighted by molar-refractivity contribution is 7.91. The third-order valence-electron chi connectivity index (χ3n) is 2.67. The van der Waals surface area contributed by atoms with Crippen molar-refractivity contribution in [2.75, 3.05) is 18.4 Å². The number of amides is 1. The Hall–Kier alpha value is -1.10. The number of nitrogens with two attached hydrogens (primary N) is 1. The zero-order chi connectivity index (χ0) is 14.0. The summed E-state index contributed by atoms with van der Waals surface area (Å²) >= 11 is 0.838. The maximum Gasteiger partial charge on any atom is 0.272 e. The number of hydrogen-bond donors (Lipinski definition) is 2. The van der Waals surface area contributed by atoms with Gasteiger partial charge in [0.1, 0.15) is 0 Å². The SMILES string of the molecule is CC(=O)Nc1nnc(S(=O)(=O)N2CCCC(N)C2)s1. The molecule has 0 aliphatic carbocycles. The standard InChI is InChI=1S/C9H15N5O3S2/c1-6(15)11-8-12-13-9(18-8)19(16,17)14-4-2-3-7(10)5-14/h7H,2-5,10H2,1H3,(H,11,12,15). The Morgan fingerprint density at radius 1 is 1.53 bits per heavy atom. The third-order valence-corrected chi connectivity index (χ3v) is 5.72. The third kappa shape index (κ3) is 3.26. The average Bonchev–Trinajstić information content (AvgIpc) is 2.77. The van der Waals surface area contributed by atoms with Gasteiger partial charge in [-0.15, -0.1) is 10.2 Å². The van der Waals surface area contributed by atoms with Crippen LogP contribution in [-0.2, 0) is 14.8 Å². The Morgan fingerprint density at radius 3 is 2.89 bits per heavy atom. The molecule has 0 bridgehead atoms. The van der Waals surface area contributed by atoms with Gasteiger partial charge in [-0.1, -0.05) is 11.3 Å². The van der Waals surface area contributed by atoms with Gasteiger partial charge in [-0.2, -0.15) is 4.31 Å². The number of nitrogens with zero attached hydrogens (tertiary/aromatic N) is 3. The van der Waals surface area contributed by atoms with E-state index in [1.807, 2.05) is 0 Å². The average molecular weight is 305 g/mol. The van der Waals surface area contributed by atoms with Crippen LogP contribution in [0.3, 0.4) is 0 Å².